The summed E-state index contributed by atoms with van der Waals surface area (Å²) in [6, 6.07) is 29.4. The third-order valence-corrected chi connectivity index (χ3v) is 23.0. The van der Waals surface area contributed by atoms with Crippen LogP contribution in [0, 0.1) is 23.4 Å². The highest BCUT2D eigenvalue weighted by atomic mass is 35.5. The Balaban J connectivity index is 0.000000144. The minimum absolute atomic E-state index is 0.139. The smallest absolute Gasteiger partial charge is 0.264 e. The third-order valence-electron chi connectivity index (χ3n) is 19.3. The van der Waals surface area contributed by atoms with E-state index in [0.717, 1.165) is 166 Å². The monoisotopic (exact) mass is 1520 g/mol. The third kappa shape index (κ3) is 19.9. The van der Waals surface area contributed by atoms with E-state index in [-0.39, 0.29) is 12.5 Å². The zero-order valence-corrected chi connectivity index (χ0v) is 63.3. The van der Waals surface area contributed by atoms with E-state index in [1.165, 1.54) is 119 Å². The summed E-state index contributed by atoms with van der Waals surface area (Å²) >= 11 is 22.2. The minimum Gasteiger partial charge on any atom is -0.663 e. The van der Waals surface area contributed by atoms with Crippen molar-refractivity contribution in [2.24, 2.45) is 11.8 Å². The van der Waals surface area contributed by atoms with Gasteiger partial charge in [0.05, 0.1) is 69.7 Å². The predicted octanol–water partition coefficient (Wildman–Crippen LogP) is 17.7. The average molecular weight is 1520 g/mol. The molecule has 4 aromatic heterocycles. The number of rotatable bonds is 25. The molecule has 102 heavy (non-hydrogen) atoms. The Morgan fingerprint density at radius 3 is 1.93 bits per heavy atom. The summed E-state index contributed by atoms with van der Waals surface area (Å²) < 4.78 is 53.7. The molecule has 8 heterocycles. The van der Waals surface area contributed by atoms with Crippen molar-refractivity contribution in [2.75, 3.05) is 73.5 Å². The van der Waals surface area contributed by atoms with Crippen molar-refractivity contribution in [3.63, 3.8) is 0 Å². The number of piperidine rings is 3. The number of hydrogen-bond acceptors (Lipinski definition) is 19. The van der Waals surface area contributed by atoms with Crippen LogP contribution in [-0.4, -0.2) is 124 Å². The molecule has 0 N–H and O–H groups in total. The second-order valence-electron chi connectivity index (χ2n) is 25.8. The van der Waals surface area contributed by atoms with Gasteiger partial charge in [0.1, 0.15) is 36.7 Å². The van der Waals surface area contributed by atoms with Gasteiger partial charge >= 0.3 is 0 Å². The molecule has 26 heteroatoms. The molecule has 0 bridgehead atoms. The Hall–Kier alpha value is -6.04. The first-order valence-electron chi connectivity index (χ1n) is 34.6. The van der Waals surface area contributed by atoms with Gasteiger partial charge in [0, 0.05) is 152 Å². The summed E-state index contributed by atoms with van der Waals surface area (Å²) in [5.74, 6) is 1.38. The number of benzene rings is 3. The summed E-state index contributed by atoms with van der Waals surface area (Å²) in [7, 11) is 1.12. The maximum Gasteiger partial charge on any atom is 0.264 e. The number of pyridine rings is 2. The number of halogens is 3. The molecule has 1 unspecified atom stereocenters. The van der Waals surface area contributed by atoms with E-state index in [2.05, 4.69) is 105 Å². The highest BCUT2D eigenvalue weighted by Crippen LogP contribution is 2.49. The van der Waals surface area contributed by atoms with Crippen molar-refractivity contribution < 1.29 is 51.9 Å². The van der Waals surface area contributed by atoms with E-state index in [4.69, 9.17) is 81.9 Å². The molecule has 3 saturated heterocycles. The normalized spacial score (nSPS) is 17.8. The minimum atomic E-state index is -3.45. The van der Waals surface area contributed by atoms with Crippen molar-refractivity contribution in [2.45, 2.75) is 102 Å². The Morgan fingerprint density at radius 1 is 0.657 bits per heavy atom. The van der Waals surface area contributed by atoms with Gasteiger partial charge in [-0.25, -0.2) is 42.5 Å². The van der Waals surface area contributed by atoms with E-state index in [9.17, 15) is 8.42 Å². The van der Waals surface area contributed by atoms with Crippen molar-refractivity contribution >= 4 is 115 Å². The summed E-state index contributed by atoms with van der Waals surface area (Å²) in [5, 5.41) is 11.0. The van der Waals surface area contributed by atoms with Gasteiger partial charge in [0.15, 0.2) is 17.1 Å². The second kappa shape index (κ2) is 37.3. The van der Waals surface area contributed by atoms with E-state index in [1.54, 1.807) is 0 Å². The number of fused-ring (bicyclic) bond motifs is 6. The predicted molar refractivity (Wildman–Crippen MR) is 408 cm³/mol. The lowest BCUT2D eigenvalue weighted by Gasteiger charge is -2.37. The number of allylic oxidation sites excluding steroid dienone is 5. The second-order valence-corrected chi connectivity index (χ2v) is 31.2. The van der Waals surface area contributed by atoms with Crippen LogP contribution in [0.15, 0.2) is 170 Å². The zero-order valence-electron chi connectivity index (χ0n) is 57.7. The first-order valence-corrected chi connectivity index (χ1v) is 39.6. The quantitative estimate of drug-likeness (QED) is 0.01000. The Kier molecular flexibility index (Phi) is 27.6. The summed E-state index contributed by atoms with van der Waals surface area (Å²) in [6.07, 6.45) is 38.4. The highest BCUT2D eigenvalue weighted by molar-refractivity contribution is 7.92. The first kappa shape index (κ1) is 75.6. The number of hydrogen-bond donors (Lipinski definition) is 0. The molecule has 4 aromatic carbocycles. The molecular formula is C76H86Cl3N10O9S4+. The maximum atomic E-state index is 11.4. The van der Waals surface area contributed by atoms with Gasteiger partial charge in [-0.3, -0.25) is 9.17 Å². The molecule has 538 valence electrons. The van der Waals surface area contributed by atoms with Gasteiger partial charge in [0.25, 0.3) is 10.1 Å². The van der Waals surface area contributed by atoms with Gasteiger partial charge in [-0.05, 0) is 170 Å². The Labute approximate surface area is 626 Å². The highest BCUT2D eigenvalue weighted by Gasteiger charge is 2.36. The van der Waals surface area contributed by atoms with Crippen molar-refractivity contribution in [1.29, 1.82) is 0 Å². The molecular weight excluding hydrogens is 1430 g/mol. The van der Waals surface area contributed by atoms with E-state index >= 15 is 0 Å². The molecule has 6 aliphatic rings. The average Bonchev–Trinajstić information content (AvgIpc) is 1.59. The summed E-state index contributed by atoms with van der Waals surface area (Å²) in [5.41, 5.74) is 16.8. The summed E-state index contributed by atoms with van der Waals surface area (Å²) in [6.45, 7) is 7.54. The molecule has 8 aromatic rings. The van der Waals surface area contributed by atoms with Crippen LogP contribution < -0.4 is 0 Å². The molecule has 3 fully saturated rings. The lowest BCUT2D eigenvalue weighted by Crippen LogP contribution is -2.32. The fourth-order valence-corrected chi connectivity index (χ4v) is 17.2. The largest absolute Gasteiger partial charge is 0.663 e. The van der Waals surface area contributed by atoms with E-state index in [1.807, 2.05) is 92.4 Å². The standard InChI is InChI=1S/C26H29ClN4O2S.C26H28ClN4O2S.C24H29ClN2O5S2/c2*1-32-33-34-31-13-8-19(9-14-31)25-23-7-6-22(27)17-21(23)16-20(24-5-2-10-29-26(24)25)4-3-12-30-15-11-28-18-30;1-30-32-33-27-12-9-17(10-13-27)23-21-8-7-20(25)16-19(21)15-18(5-4-14-31-34(2,28)29)22-6-3-11-26-24(22)23/h2,5-7,10-11,15-19,27H,3-4,8-9,12-14H2,1H3;2,5-7,10-11,15-19H,3-4,8-9,12-14H2,1H3;3,6-8,11,15-17,23H,4-5,9-10,12-14H2,1-2H3/q+2;-1;. The lowest BCUT2D eigenvalue weighted by molar-refractivity contribution is -0.288. The molecule has 0 amide bonds. The summed E-state index contributed by atoms with van der Waals surface area (Å²) in [4.78, 5) is 32.4. The zero-order chi connectivity index (χ0) is 70.8. The SMILES string of the molecule is COOSN1CCC(C2=C3[N-]C=CC=C3C(CCCn3ccnc3)=Cc3cc(Cl)ccc32)CC1.COOSN1CCC(C2c3ccc(Cl)cc3C=C(CCCOS(C)(=O)=O)c3cccnc32)CC1.COOSN1CCC(c2c3ccc([ClH+])cc3cc(CCCn3ccnc3)[c+]3cccnc23)CC1. The maximum absolute atomic E-state index is 11.4. The molecule has 14 rings (SSSR count). The van der Waals surface area contributed by atoms with E-state index < -0.39 is 10.1 Å². The molecule has 4 aliphatic heterocycles. The van der Waals surface area contributed by atoms with Crippen LogP contribution in [0.3, 0.4) is 0 Å². The van der Waals surface area contributed by atoms with Crippen molar-refractivity contribution in [3.8, 4) is 0 Å². The van der Waals surface area contributed by atoms with Crippen LogP contribution in [0.5, 0.6) is 0 Å². The lowest BCUT2D eigenvalue weighted by atomic mass is 9.76. The van der Waals surface area contributed by atoms with Crippen LogP contribution in [-0.2, 0) is 61.5 Å². The fraction of sp³-hybridized carbons (Fsp3) is 0.382. The van der Waals surface area contributed by atoms with Crippen LogP contribution >= 0.6 is 59.9 Å². The molecule has 0 radical (unpaired) electrons. The van der Waals surface area contributed by atoms with Gasteiger partial charge in [-0.2, -0.15) is 14.6 Å². The molecule has 0 spiro atoms. The van der Waals surface area contributed by atoms with Gasteiger partial charge in [-0.15, -0.1) is 18.7 Å². The van der Waals surface area contributed by atoms with Crippen LogP contribution in [0.4, 0.5) is 0 Å². The molecule has 2 aliphatic carbocycles. The van der Waals surface area contributed by atoms with Crippen LogP contribution in [0.2, 0.25) is 15.1 Å². The molecule has 19 nitrogen and oxygen atoms in total. The first-order chi connectivity index (χ1) is 49.8. The Bertz CT molecular complexity index is 4420. The van der Waals surface area contributed by atoms with Gasteiger partial charge < -0.3 is 14.5 Å². The molecule has 1 atom stereocenters. The van der Waals surface area contributed by atoms with Crippen LogP contribution in [0.1, 0.15) is 127 Å². The number of aromatic nitrogens is 6. The Morgan fingerprint density at radius 2 is 1.27 bits per heavy atom. The molecule has 0 saturated carbocycles. The topological polar surface area (TPSA) is 184 Å². The van der Waals surface area contributed by atoms with Crippen molar-refractivity contribution in [1.82, 2.24) is 42.0 Å². The van der Waals surface area contributed by atoms with Gasteiger partial charge in [-0.1, -0.05) is 71.3 Å². The van der Waals surface area contributed by atoms with Crippen LogP contribution in [0.25, 0.3) is 50.3 Å². The number of imidazole rings is 2. The number of nitrogens with zero attached hydrogens (tertiary/aromatic N) is 10. The number of aryl methyl sites for hydroxylation is 3. The fourth-order valence-electron chi connectivity index (χ4n) is 14.7. The van der Waals surface area contributed by atoms with Crippen molar-refractivity contribution in [3.05, 3.63) is 235 Å². The van der Waals surface area contributed by atoms with E-state index in [0.29, 0.717) is 35.6 Å². The van der Waals surface area contributed by atoms with Gasteiger partial charge in [0.2, 0.25) is 5.02 Å².